The SMILES string of the molecule is COC(=O)C1(Sc2ccccc2)C[C@@H](OC(C)=O)C(N)C([C@H](O[C@H](C)O)C(CNC(=O)c2ccc(-c3ccccc3)cc2)OC(C)=O)O1. The molecule has 3 aromatic rings. The van der Waals surface area contributed by atoms with Crippen LogP contribution in [-0.4, -0.2) is 84.3 Å². The highest BCUT2D eigenvalue weighted by Crippen LogP contribution is 2.45. The molecule has 0 aliphatic carbocycles. The molecule has 1 saturated heterocycles. The van der Waals surface area contributed by atoms with Crippen LogP contribution >= 0.6 is 11.8 Å². The van der Waals surface area contributed by atoms with Crippen LogP contribution in [0.1, 0.15) is 37.6 Å². The van der Waals surface area contributed by atoms with E-state index in [2.05, 4.69) is 5.32 Å². The Morgan fingerprint density at radius 1 is 0.958 bits per heavy atom. The van der Waals surface area contributed by atoms with Crippen molar-refractivity contribution >= 4 is 35.6 Å². The monoisotopic (exact) mass is 680 g/mol. The van der Waals surface area contributed by atoms with Crippen molar-refractivity contribution in [2.24, 2.45) is 5.73 Å². The number of carbonyl (C=O) groups excluding carboxylic acids is 4. The molecule has 0 radical (unpaired) electrons. The molecule has 256 valence electrons. The summed E-state index contributed by atoms with van der Waals surface area (Å²) in [5.74, 6) is -2.65. The number of aliphatic hydroxyl groups excluding tert-OH is 1. The molecule has 1 aliphatic rings. The summed E-state index contributed by atoms with van der Waals surface area (Å²) < 4.78 is 28.7. The van der Waals surface area contributed by atoms with Crippen LogP contribution in [0.2, 0.25) is 0 Å². The first-order chi connectivity index (χ1) is 22.9. The van der Waals surface area contributed by atoms with Gasteiger partial charge in [0.25, 0.3) is 5.91 Å². The van der Waals surface area contributed by atoms with Crippen molar-refractivity contribution in [2.45, 2.75) is 73.8 Å². The first-order valence-electron chi connectivity index (χ1n) is 15.3. The Labute approximate surface area is 283 Å². The summed E-state index contributed by atoms with van der Waals surface area (Å²) in [5.41, 5.74) is 8.88. The maximum absolute atomic E-state index is 13.5. The lowest BCUT2D eigenvalue weighted by Gasteiger charge is -2.48. The summed E-state index contributed by atoms with van der Waals surface area (Å²) in [6.45, 7) is 3.41. The average Bonchev–Trinajstić information content (AvgIpc) is 3.07. The lowest BCUT2D eigenvalue weighted by molar-refractivity contribution is -0.242. The molecular weight excluding hydrogens is 640 g/mol. The van der Waals surface area contributed by atoms with Crippen molar-refractivity contribution in [3.8, 4) is 11.1 Å². The van der Waals surface area contributed by atoms with E-state index in [9.17, 15) is 24.3 Å². The van der Waals surface area contributed by atoms with Crippen LogP contribution in [-0.2, 0) is 38.1 Å². The topological polar surface area (TPSA) is 173 Å². The van der Waals surface area contributed by atoms with E-state index >= 15 is 0 Å². The molecule has 1 heterocycles. The Bertz CT molecular complexity index is 1540. The molecule has 4 N–H and O–H groups in total. The van der Waals surface area contributed by atoms with Gasteiger partial charge in [0.05, 0.1) is 19.7 Å². The Hall–Kier alpha value is -4.27. The number of benzene rings is 3. The molecule has 4 rings (SSSR count). The van der Waals surface area contributed by atoms with Crippen LogP contribution in [0.5, 0.6) is 0 Å². The van der Waals surface area contributed by atoms with Crippen LogP contribution in [0.25, 0.3) is 11.1 Å². The molecule has 4 unspecified atom stereocenters. The van der Waals surface area contributed by atoms with Gasteiger partial charge in [-0.3, -0.25) is 14.4 Å². The summed E-state index contributed by atoms with van der Waals surface area (Å²) in [5, 5.41) is 13.2. The van der Waals surface area contributed by atoms with E-state index in [1.54, 1.807) is 42.5 Å². The van der Waals surface area contributed by atoms with Gasteiger partial charge in [0.2, 0.25) is 4.93 Å². The van der Waals surface area contributed by atoms with Gasteiger partial charge >= 0.3 is 17.9 Å². The van der Waals surface area contributed by atoms with Crippen LogP contribution in [0.15, 0.2) is 89.8 Å². The number of amides is 1. The van der Waals surface area contributed by atoms with E-state index in [4.69, 9.17) is 29.4 Å². The van der Waals surface area contributed by atoms with Crippen molar-refractivity contribution in [3.05, 3.63) is 90.5 Å². The van der Waals surface area contributed by atoms with Gasteiger partial charge in [-0.2, -0.15) is 0 Å². The number of carbonyl (C=O) groups is 4. The van der Waals surface area contributed by atoms with Gasteiger partial charge in [0, 0.05) is 30.7 Å². The Balaban J connectivity index is 1.66. The highest BCUT2D eigenvalue weighted by molar-refractivity contribution is 8.01. The molecule has 1 aliphatic heterocycles. The number of hydrogen-bond acceptors (Lipinski definition) is 12. The number of hydrogen-bond donors (Lipinski definition) is 3. The molecule has 1 amide bonds. The molecule has 0 aromatic heterocycles. The first kappa shape index (κ1) is 36.6. The Morgan fingerprint density at radius 2 is 1.56 bits per heavy atom. The van der Waals surface area contributed by atoms with E-state index in [-0.39, 0.29) is 13.0 Å². The van der Waals surface area contributed by atoms with Gasteiger partial charge in [0.1, 0.15) is 24.4 Å². The maximum atomic E-state index is 13.5. The number of esters is 3. The predicted octanol–water partition coefficient (Wildman–Crippen LogP) is 3.45. The largest absolute Gasteiger partial charge is 0.466 e. The van der Waals surface area contributed by atoms with Crippen LogP contribution in [0, 0.1) is 0 Å². The van der Waals surface area contributed by atoms with Gasteiger partial charge in [-0.1, -0.05) is 72.4 Å². The van der Waals surface area contributed by atoms with Crippen LogP contribution in [0.4, 0.5) is 0 Å². The van der Waals surface area contributed by atoms with Gasteiger partial charge < -0.3 is 39.8 Å². The minimum absolute atomic E-state index is 0.189. The van der Waals surface area contributed by atoms with E-state index in [0.29, 0.717) is 10.5 Å². The lowest BCUT2D eigenvalue weighted by Crippen LogP contribution is -2.66. The predicted molar refractivity (Wildman–Crippen MR) is 176 cm³/mol. The highest BCUT2D eigenvalue weighted by Gasteiger charge is 2.57. The fourth-order valence-corrected chi connectivity index (χ4v) is 6.68. The molecule has 0 saturated carbocycles. The molecule has 12 nitrogen and oxygen atoms in total. The lowest BCUT2D eigenvalue weighted by atomic mass is 9.89. The summed E-state index contributed by atoms with van der Waals surface area (Å²) in [4.78, 5) is 50.1. The zero-order chi connectivity index (χ0) is 34.8. The summed E-state index contributed by atoms with van der Waals surface area (Å²) >= 11 is 1.02. The fraction of sp³-hybridized carbons (Fsp3) is 0.371. The zero-order valence-electron chi connectivity index (χ0n) is 27.1. The van der Waals surface area contributed by atoms with Crippen molar-refractivity contribution in [1.29, 1.82) is 0 Å². The summed E-state index contributed by atoms with van der Waals surface area (Å²) in [6, 6.07) is 24.4. The van der Waals surface area contributed by atoms with E-state index in [1.807, 2.05) is 42.5 Å². The van der Waals surface area contributed by atoms with Crippen LogP contribution < -0.4 is 11.1 Å². The van der Waals surface area contributed by atoms with Gasteiger partial charge in [-0.15, -0.1) is 0 Å². The molecule has 13 heteroatoms. The van der Waals surface area contributed by atoms with Crippen molar-refractivity contribution in [1.82, 2.24) is 5.32 Å². The molecular formula is C35H40N2O10S. The maximum Gasteiger partial charge on any atom is 0.349 e. The van der Waals surface area contributed by atoms with Crippen LogP contribution in [0.3, 0.4) is 0 Å². The van der Waals surface area contributed by atoms with E-state index in [0.717, 1.165) is 22.9 Å². The Kier molecular flexibility index (Phi) is 12.7. The molecule has 7 atom stereocenters. The second kappa shape index (κ2) is 16.7. The van der Waals surface area contributed by atoms with Crippen molar-refractivity contribution in [2.75, 3.05) is 13.7 Å². The van der Waals surface area contributed by atoms with E-state index < -0.39 is 65.5 Å². The zero-order valence-corrected chi connectivity index (χ0v) is 27.9. The smallest absolute Gasteiger partial charge is 0.349 e. The average molecular weight is 681 g/mol. The molecule has 48 heavy (non-hydrogen) atoms. The molecule has 1 fully saturated rings. The number of ether oxygens (including phenoxy) is 5. The van der Waals surface area contributed by atoms with Gasteiger partial charge in [0.15, 0.2) is 6.29 Å². The number of nitrogens with two attached hydrogens (primary N) is 1. The number of nitrogens with one attached hydrogen (secondary N) is 1. The molecule has 0 bridgehead atoms. The molecule has 3 aromatic carbocycles. The van der Waals surface area contributed by atoms with Crippen molar-refractivity contribution < 1.29 is 48.0 Å². The third-order valence-electron chi connectivity index (χ3n) is 7.52. The quantitative estimate of drug-likeness (QED) is 0.137. The van der Waals surface area contributed by atoms with Gasteiger partial charge in [-0.05, 0) is 42.3 Å². The number of aliphatic hydroxyl groups is 1. The summed E-state index contributed by atoms with van der Waals surface area (Å²) in [6.07, 6.45) is -6.70. The molecule has 0 spiro atoms. The third-order valence-corrected chi connectivity index (χ3v) is 8.79. The first-order valence-corrected chi connectivity index (χ1v) is 16.1. The number of rotatable bonds is 13. The summed E-state index contributed by atoms with van der Waals surface area (Å²) in [7, 11) is 1.19. The van der Waals surface area contributed by atoms with E-state index in [1.165, 1.54) is 27.9 Å². The standard InChI is InChI=1S/C35H40N2O10S/c1-21(38)44-28-19-35(34(42)43-4,48-27-13-9-6-10-14-27)47-32(30(28)36)31(46-23(3)40)29(45-22(2)39)20-37-33(41)26-17-15-25(16-18-26)24-11-7-5-8-12-24/h5-18,23,28-32,40H,19-20,36H2,1-4H3,(H,37,41)/t23-,28-,29?,30?,31-,32?,35?/m1/s1. The second-order valence-corrected chi connectivity index (χ2v) is 12.5. The third kappa shape index (κ3) is 9.42. The number of thioether (sulfide) groups is 1. The van der Waals surface area contributed by atoms with Gasteiger partial charge in [-0.25, -0.2) is 4.79 Å². The van der Waals surface area contributed by atoms with Crippen molar-refractivity contribution in [3.63, 3.8) is 0 Å². The second-order valence-electron chi connectivity index (χ2n) is 11.2. The highest BCUT2D eigenvalue weighted by atomic mass is 32.2. The Morgan fingerprint density at radius 3 is 2.12 bits per heavy atom. The number of methoxy groups -OCH3 is 1. The fourth-order valence-electron chi connectivity index (χ4n) is 5.43. The minimum Gasteiger partial charge on any atom is -0.466 e. The normalized spacial score (nSPS) is 22.4. The minimum atomic E-state index is -1.80.